The number of hydrogen-bond acceptors (Lipinski definition) is 4. The Labute approximate surface area is 200 Å². The van der Waals surface area contributed by atoms with Crippen molar-refractivity contribution in [3.05, 3.63) is 27.5 Å². The van der Waals surface area contributed by atoms with Gasteiger partial charge in [0, 0.05) is 24.9 Å². The van der Waals surface area contributed by atoms with Crippen LogP contribution in [0.5, 0.6) is 0 Å². The third kappa shape index (κ3) is 6.05. The molecule has 1 N–H and O–H groups in total. The van der Waals surface area contributed by atoms with E-state index in [9.17, 15) is 19.5 Å². The Bertz CT molecular complexity index is 1020. The number of hydrogen-bond donors (Lipinski definition) is 1. The number of carboxylic acid groups (broad SMARTS) is 1. The summed E-state index contributed by atoms with van der Waals surface area (Å²) in [5.41, 5.74) is 1.32. The van der Waals surface area contributed by atoms with Crippen molar-refractivity contribution in [2.45, 2.75) is 72.3 Å². The highest BCUT2D eigenvalue weighted by atomic mass is 32.1. The molecule has 33 heavy (non-hydrogen) atoms. The number of likely N-dealkylation sites (N-methyl/N-ethyl adjacent to an activating group) is 1. The van der Waals surface area contributed by atoms with Crippen LogP contribution < -0.4 is 4.90 Å². The van der Waals surface area contributed by atoms with Gasteiger partial charge in [-0.2, -0.15) is 0 Å². The number of anilines is 1. The number of amides is 2. The second kappa shape index (κ2) is 10.1. The van der Waals surface area contributed by atoms with Crippen molar-refractivity contribution in [1.82, 2.24) is 4.90 Å². The van der Waals surface area contributed by atoms with E-state index in [1.165, 1.54) is 10.5 Å². The normalized spacial score (nSPS) is 21.5. The molecule has 0 saturated carbocycles. The average Bonchev–Trinajstić information content (AvgIpc) is 3.10. The number of thiophene rings is 1. The lowest BCUT2D eigenvalue weighted by Gasteiger charge is -2.35. The minimum Gasteiger partial charge on any atom is -0.477 e. The molecule has 0 spiro atoms. The van der Waals surface area contributed by atoms with Crippen molar-refractivity contribution in [2.75, 3.05) is 18.5 Å². The fourth-order valence-corrected chi connectivity index (χ4v) is 5.11. The van der Waals surface area contributed by atoms with Crippen LogP contribution in [0.4, 0.5) is 5.69 Å². The minimum atomic E-state index is -1.11. The zero-order valence-corrected chi connectivity index (χ0v) is 21.1. The number of rotatable bonds is 4. The molecule has 3 rings (SSSR count). The molecule has 1 fully saturated rings. The molecule has 7 heteroatoms. The summed E-state index contributed by atoms with van der Waals surface area (Å²) in [6, 6.07) is 0.987. The Morgan fingerprint density at radius 3 is 2.58 bits per heavy atom. The largest absolute Gasteiger partial charge is 0.477 e. The monoisotopic (exact) mass is 470 g/mol. The quantitative estimate of drug-likeness (QED) is 0.500. The highest BCUT2D eigenvalue weighted by Crippen LogP contribution is 2.36. The molecule has 2 atom stereocenters. The summed E-state index contributed by atoms with van der Waals surface area (Å²) < 4.78 is 0. The zero-order chi connectivity index (χ0) is 24.3. The van der Waals surface area contributed by atoms with Gasteiger partial charge in [-0.15, -0.1) is 11.3 Å². The minimum absolute atomic E-state index is 0.0591. The predicted octanol–water partition coefficient (Wildman–Crippen LogP) is 4.93. The average molecular weight is 471 g/mol. The Morgan fingerprint density at radius 1 is 1.24 bits per heavy atom. The van der Waals surface area contributed by atoms with Gasteiger partial charge in [0.05, 0.1) is 10.6 Å². The molecule has 2 heterocycles. The second-order valence-corrected chi connectivity index (χ2v) is 11.2. The van der Waals surface area contributed by atoms with Crippen molar-refractivity contribution in [1.29, 1.82) is 0 Å². The molecule has 1 saturated heterocycles. The van der Waals surface area contributed by atoms with E-state index in [0.29, 0.717) is 36.4 Å². The van der Waals surface area contributed by atoms with Crippen LogP contribution in [-0.2, 0) is 9.59 Å². The van der Waals surface area contributed by atoms with E-state index in [1.54, 1.807) is 18.0 Å². The van der Waals surface area contributed by atoms with Crippen molar-refractivity contribution in [2.24, 2.45) is 11.3 Å². The van der Waals surface area contributed by atoms with Gasteiger partial charge in [-0.25, -0.2) is 4.79 Å². The van der Waals surface area contributed by atoms with Gasteiger partial charge in [0.2, 0.25) is 11.8 Å². The van der Waals surface area contributed by atoms with Crippen molar-refractivity contribution in [3.63, 3.8) is 0 Å². The van der Waals surface area contributed by atoms with Crippen LogP contribution in [0.2, 0.25) is 0 Å². The van der Waals surface area contributed by atoms with Crippen molar-refractivity contribution in [3.8, 4) is 11.8 Å². The highest BCUT2D eigenvalue weighted by molar-refractivity contribution is 7.15. The first-order valence-corrected chi connectivity index (χ1v) is 12.4. The van der Waals surface area contributed by atoms with E-state index in [2.05, 4.69) is 24.8 Å². The highest BCUT2D eigenvalue weighted by Gasteiger charge is 2.39. The number of likely N-dealkylation sites (tertiary alicyclic amines) is 1. The number of nitrogens with zero attached hydrogens (tertiary/aromatic N) is 2. The number of carbonyl (C=O) groups is 3. The molecule has 0 radical (unpaired) electrons. The van der Waals surface area contributed by atoms with Crippen LogP contribution in [0.3, 0.4) is 0 Å². The van der Waals surface area contributed by atoms with Gasteiger partial charge >= 0.3 is 5.97 Å². The Morgan fingerprint density at radius 2 is 1.97 bits per heavy atom. The van der Waals surface area contributed by atoms with Gasteiger partial charge in [-0.05, 0) is 72.3 Å². The van der Waals surface area contributed by atoms with E-state index in [1.807, 2.05) is 20.8 Å². The maximum Gasteiger partial charge on any atom is 0.348 e. The molecule has 178 valence electrons. The molecular formula is C26H34N2O4S. The SMILES string of the molecule is CC1=CC[C@H](C(=O)N(c2cc(C#CC(C)(C)C)sc2C(=O)O)[C@H]2CCCCN(C)C2=O)CC1. The molecular weight excluding hydrogens is 436 g/mol. The molecule has 1 aromatic heterocycles. The topological polar surface area (TPSA) is 77.9 Å². The number of allylic oxidation sites excluding steroid dienone is 2. The molecule has 0 bridgehead atoms. The van der Waals surface area contributed by atoms with Gasteiger partial charge in [-0.3, -0.25) is 14.5 Å². The molecule has 6 nitrogen and oxygen atoms in total. The summed E-state index contributed by atoms with van der Waals surface area (Å²) in [5, 5.41) is 9.97. The lowest BCUT2D eigenvalue weighted by atomic mass is 9.88. The van der Waals surface area contributed by atoms with Crippen LogP contribution in [0.15, 0.2) is 17.7 Å². The third-order valence-corrected chi connectivity index (χ3v) is 7.17. The number of carbonyl (C=O) groups excluding carboxylic acids is 2. The van der Waals surface area contributed by atoms with Crippen LogP contribution in [0.1, 0.15) is 80.8 Å². The van der Waals surface area contributed by atoms with Gasteiger partial charge in [-0.1, -0.05) is 23.5 Å². The van der Waals surface area contributed by atoms with E-state index in [-0.39, 0.29) is 28.0 Å². The third-order valence-electron chi connectivity index (χ3n) is 6.15. The number of carboxylic acids is 1. The maximum absolute atomic E-state index is 13.9. The van der Waals surface area contributed by atoms with Gasteiger partial charge in [0.25, 0.3) is 0 Å². The number of aromatic carboxylic acids is 1. The first-order chi connectivity index (χ1) is 15.5. The van der Waals surface area contributed by atoms with Gasteiger partial charge in [0.15, 0.2) is 0 Å². The smallest absolute Gasteiger partial charge is 0.348 e. The van der Waals surface area contributed by atoms with Crippen LogP contribution in [-0.4, -0.2) is 47.4 Å². The lowest BCUT2D eigenvalue weighted by molar-refractivity contribution is -0.133. The Balaban J connectivity index is 2.11. The van der Waals surface area contributed by atoms with E-state index in [0.717, 1.165) is 30.6 Å². The van der Waals surface area contributed by atoms with Crippen molar-refractivity contribution < 1.29 is 19.5 Å². The zero-order valence-electron chi connectivity index (χ0n) is 20.2. The summed E-state index contributed by atoms with van der Waals surface area (Å²) in [6.07, 6.45) is 6.42. The molecule has 2 amide bonds. The first kappa shape index (κ1) is 25.0. The Hall–Kier alpha value is -2.59. The summed E-state index contributed by atoms with van der Waals surface area (Å²) in [7, 11) is 1.75. The summed E-state index contributed by atoms with van der Waals surface area (Å²) in [5.74, 6) is 4.55. The molecule has 1 aromatic rings. The fourth-order valence-electron chi connectivity index (χ4n) is 4.26. The fraction of sp³-hybridized carbons (Fsp3) is 0.577. The summed E-state index contributed by atoms with van der Waals surface area (Å²) >= 11 is 1.07. The van der Waals surface area contributed by atoms with E-state index < -0.39 is 12.0 Å². The van der Waals surface area contributed by atoms with Gasteiger partial charge < -0.3 is 10.0 Å². The van der Waals surface area contributed by atoms with E-state index in [4.69, 9.17) is 0 Å². The van der Waals surface area contributed by atoms with Gasteiger partial charge in [0.1, 0.15) is 10.9 Å². The molecule has 0 unspecified atom stereocenters. The Kier molecular flexibility index (Phi) is 7.69. The van der Waals surface area contributed by atoms with Crippen LogP contribution >= 0.6 is 11.3 Å². The molecule has 1 aliphatic carbocycles. The molecule has 2 aliphatic rings. The van der Waals surface area contributed by atoms with E-state index >= 15 is 0 Å². The van der Waals surface area contributed by atoms with Crippen LogP contribution in [0.25, 0.3) is 0 Å². The lowest BCUT2D eigenvalue weighted by Crippen LogP contribution is -2.51. The molecule has 1 aliphatic heterocycles. The standard InChI is InChI=1S/C26H34N2O4S/c1-17-9-11-18(12-10-17)23(29)28(20-8-6-7-15-27(5)24(20)30)21-16-19(13-14-26(2,3)4)33-22(21)25(31)32/h9,16,18,20H,6-8,10-12,15H2,1-5H3,(H,31,32)/t18-,20-/m0/s1. The predicted molar refractivity (Wildman–Crippen MR) is 131 cm³/mol. The van der Waals surface area contributed by atoms with Crippen LogP contribution in [0, 0.1) is 23.2 Å². The summed E-state index contributed by atoms with van der Waals surface area (Å²) in [4.78, 5) is 43.2. The maximum atomic E-state index is 13.9. The first-order valence-electron chi connectivity index (χ1n) is 11.6. The summed E-state index contributed by atoms with van der Waals surface area (Å²) in [6.45, 7) is 8.66. The van der Waals surface area contributed by atoms with Crippen molar-refractivity contribution >= 4 is 34.8 Å². The second-order valence-electron chi connectivity index (χ2n) is 10.1. The molecule has 0 aromatic carbocycles.